The Balaban J connectivity index is 1.78. The van der Waals surface area contributed by atoms with Gasteiger partial charge in [-0.2, -0.15) is 4.98 Å². The van der Waals surface area contributed by atoms with E-state index >= 15 is 0 Å². The lowest BCUT2D eigenvalue weighted by atomic mass is 10.1. The highest BCUT2D eigenvalue weighted by atomic mass is 19.2. The first-order chi connectivity index (χ1) is 14.4. The van der Waals surface area contributed by atoms with Crippen molar-refractivity contribution in [1.82, 2.24) is 14.5 Å². The average molecular weight is 414 g/mol. The molecule has 2 aromatic heterocycles. The first kappa shape index (κ1) is 19.6. The van der Waals surface area contributed by atoms with Gasteiger partial charge in [0.25, 0.3) is 0 Å². The predicted octanol–water partition coefficient (Wildman–Crippen LogP) is 4.25. The van der Waals surface area contributed by atoms with Gasteiger partial charge < -0.3 is 19.6 Å². The molecule has 0 amide bonds. The summed E-state index contributed by atoms with van der Waals surface area (Å²) < 4.78 is 47.1. The van der Waals surface area contributed by atoms with Crippen LogP contribution in [0.2, 0.25) is 0 Å². The van der Waals surface area contributed by atoms with Gasteiger partial charge in [-0.3, -0.25) is 4.79 Å². The fraction of sp³-hybridized carbons (Fsp3) is 0.143. The van der Waals surface area contributed by atoms with Crippen LogP contribution in [0.1, 0.15) is 11.1 Å². The van der Waals surface area contributed by atoms with Gasteiger partial charge in [0.2, 0.25) is 11.7 Å². The van der Waals surface area contributed by atoms with E-state index in [9.17, 15) is 18.0 Å². The normalized spacial score (nSPS) is 11.1. The van der Waals surface area contributed by atoms with Gasteiger partial charge in [-0.05, 0) is 48.4 Å². The van der Waals surface area contributed by atoms with Crippen LogP contribution < -0.4 is 15.6 Å². The van der Waals surface area contributed by atoms with Crippen molar-refractivity contribution in [2.45, 2.75) is 13.5 Å². The summed E-state index contributed by atoms with van der Waals surface area (Å²) in [7, 11) is 1.32. The van der Waals surface area contributed by atoms with Gasteiger partial charge in [0.05, 0.1) is 19.9 Å². The number of fused-ring (bicyclic) bond motifs is 1. The number of aryl methyl sites for hydroxylation is 1. The van der Waals surface area contributed by atoms with E-state index in [2.05, 4.69) is 15.3 Å². The molecular weight excluding hydrogens is 397 g/mol. The molecule has 4 rings (SSSR count). The summed E-state index contributed by atoms with van der Waals surface area (Å²) in [6, 6.07) is 7.41. The molecule has 0 aliphatic rings. The second kappa shape index (κ2) is 7.58. The third-order valence-electron chi connectivity index (χ3n) is 4.83. The van der Waals surface area contributed by atoms with E-state index < -0.39 is 23.0 Å². The van der Waals surface area contributed by atoms with E-state index in [1.807, 2.05) is 31.3 Å². The quantitative estimate of drug-likeness (QED) is 0.479. The maximum absolute atomic E-state index is 13.6. The Morgan fingerprint density at radius 2 is 1.90 bits per heavy atom. The number of aromatic amines is 1. The summed E-state index contributed by atoms with van der Waals surface area (Å²) in [4.78, 5) is 19.3. The molecule has 0 atom stereocenters. The molecule has 2 N–H and O–H groups in total. The Hall–Kier alpha value is -3.75. The number of nitrogens with zero attached hydrogens (tertiary/aromatic N) is 2. The van der Waals surface area contributed by atoms with E-state index in [4.69, 9.17) is 4.74 Å². The zero-order valence-electron chi connectivity index (χ0n) is 16.1. The minimum absolute atomic E-state index is 0.0404. The molecule has 0 unspecified atom stereocenters. The van der Waals surface area contributed by atoms with Gasteiger partial charge in [0, 0.05) is 22.8 Å². The minimum atomic E-state index is -1.54. The van der Waals surface area contributed by atoms with Gasteiger partial charge in [-0.1, -0.05) is 0 Å². The molecule has 4 aromatic rings. The molecule has 0 bridgehead atoms. The van der Waals surface area contributed by atoms with Crippen LogP contribution in [-0.2, 0) is 6.54 Å². The number of nitrogens with one attached hydrogen (secondary N) is 2. The summed E-state index contributed by atoms with van der Waals surface area (Å²) in [6.45, 7) is 1.83. The van der Waals surface area contributed by atoms with Crippen molar-refractivity contribution in [1.29, 1.82) is 0 Å². The number of anilines is 2. The monoisotopic (exact) mass is 414 g/mol. The Bertz CT molecular complexity index is 1290. The number of benzene rings is 2. The standard InChI is InChI=1S/C21H17F3N4O2/c1-11-13-5-6-25-17(13)4-3-16(11)26-21-27-20(29)18(30-2)10-28(21)9-12-7-14(22)19(24)15(23)8-12/h3-8,10,25H,9H2,1-2H3,(H,26,27,29). The topological polar surface area (TPSA) is 71.9 Å². The average Bonchev–Trinajstić information content (AvgIpc) is 3.19. The zero-order chi connectivity index (χ0) is 21.4. The van der Waals surface area contributed by atoms with Crippen LogP contribution in [-0.4, -0.2) is 21.6 Å². The maximum atomic E-state index is 13.6. The molecule has 30 heavy (non-hydrogen) atoms. The van der Waals surface area contributed by atoms with E-state index in [-0.39, 0.29) is 23.8 Å². The van der Waals surface area contributed by atoms with E-state index in [1.165, 1.54) is 17.9 Å². The van der Waals surface area contributed by atoms with Crippen molar-refractivity contribution in [2.75, 3.05) is 12.4 Å². The van der Waals surface area contributed by atoms with Crippen molar-refractivity contribution in [3.05, 3.63) is 81.7 Å². The highest BCUT2D eigenvalue weighted by molar-refractivity contribution is 5.88. The number of ether oxygens (including phenoxy) is 1. The van der Waals surface area contributed by atoms with E-state index in [1.54, 1.807) is 0 Å². The van der Waals surface area contributed by atoms with E-state index in [0.29, 0.717) is 5.69 Å². The van der Waals surface area contributed by atoms with Crippen molar-refractivity contribution < 1.29 is 17.9 Å². The third kappa shape index (κ3) is 3.49. The second-order valence-corrected chi connectivity index (χ2v) is 6.74. The molecule has 0 saturated heterocycles. The molecule has 9 heteroatoms. The minimum Gasteiger partial charge on any atom is -0.490 e. The molecule has 0 radical (unpaired) electrons. The van der Waals surface area contributed by atoms with Crippen molar-refractivity contribution in [2.24, 2.45) is 0 Å². The molecule has 0 fully saturated rings. The Morgan fingerprint density at radius 1 is 1.17 bits per heavy atom. The smallest absolute Gasteiger partial charge is 0.316 e. The molecule has 0 aliphatic heterocycles. The molecule has 154 valence electrons. The lowest BCUT2D eigenvalue weighted by Crippen LogP contribution is -2.19. The third-order valence-corrected chi connectivity index (χ3v) is 4.83. The second-order valence-electron chi connectivity index (χ2n) is 6.74. The fourth-order valence-electron chi connectivity index (χ4n) is 3.27. The van der Waals surface area contributed by atoms with Gasteiger partial charge in [0.15, 0.2) is 17.5 Å². The number of hydrogen-bond acceptors (Lipinski definition) is 4. The predicted molar refractivity (Wildman–Crippen MR) is 107 cm³/mol. The number of rotatable bonds is 5. The summed E-state index contributed by atoms with van der Waals surface area (Å²) in [5, 5.41) is 4.09. The van der Waals surface area contributed by atoms with Gasteiger partial charge in [0.1, 0.15) is 0 Å². The number of methoxy groups -OCH3 is 1. The summed E-state index contributed by atoms with van der Waals surface area (Å²) >= 11 is 0. The lowest BCUT2D eigenvalue weighted by molar-refractivity contribution is 0.402. The summed E-state index contributed by atoms with van der Waals surface area (Å²) in [5.41, 5.74) is 2.12. The summed E-state index contributed by atoms with van der Waals surface area (Å²) in [5.74, 6) is -4.03. The number of halogens is 3. The molecule has 0 spiro atoms. The first-order valence-electron chi connectivity index (χ1n) is 9.00. The van der Waals surface area contributed by atoms with Crippen molar-refractivity contribution >= 4 is 22.5 Å². The number of aromatic nitrogens is 3. The van der Waals surface area contributed by atoms with Gasteiger partial charge in [-0.15, -0.1) is 0 Å². The Morgan fingerprint density at radius 3 is 2.60 bits per heavy atom. The van der Waals surface area contributed by atoms with Crippen LogP contribution in [0.3, 0.4) is 0 Å². The fourth-order valence-corrected chi connectivity index (χ4v) is 3.27. The van der Waals surface area contributed by atoms with Crippen LogP contribution >= 0.6 is 0 Å². The Kier molecular flexibility index (Phi) is 4.94. The van der Waals surface area contributed by atoms with Crippen LogP contribution in [0.4, 0.5) is 24.8 Å². The first-order valence-corrected chi connectivity index (χ1v) is 9.00. The maximum Gasteiger partial charge on any atom is 0.316 e. The highest BCUT2D eigenvalue weighted by Crippen LogP contribution is 2.27. The van der Waals surface area contributed by atoms with Gasteiger partial charge in [-0.25, -0.2) is 13.2 Å². The number of H-pyrrole nitrogens is 1. The lowest BCUT2D eigenvalue weighted by Gasteiger charge is -2.17. The van der Waals surface area contributed by atoms with E-state index in [0.717, 1.165) is 28.6 Å². The van der Waals surface area contributed by atoms with Crippen LogP contribution in [0.5, 0.6) is 5.75 Å². The largest absolute Gasteiger partial charge is 0.490 e. The molecule has 0 saturated carbocycles. The molecule has 6 nitrogen and oxygen atoms in total. The van der Waals surface area contributed by atoms with Crippen molar-refractivity contribution in [3.8, 4) is 5.75 Å². The summed E-state index contributed by atoms with van der Waals surface area (Å²) in [6.07, 6.45) is 3.20. The Labute approximate surface area is 169 Å². The van der Waals surface area contributed by atoms with Crippen LogP contribution in [0.15, 0.2) is 47.5 Å². The van der Waals surface area contributed by atoms with Crippen LogP contribution in [0.25, 0.3) is 10.9 Å². The highest BCUT2D eigenvalue weighted by Gasteiger charge is 2.15. The molecular formula is C21H17F3N4O2. The van der Waals surface area contributed by atoms with Crippen molar-refractivity contribution in [3.63, 3.8) is 0 Å². The zero-order valence-corrected chi connectivity index (χ0v) is 16.1. The van der Waals surface area contributed by atoms with Gasteiger partial charge >= 0.3 is 5.56 Å². The SMILES string of the molecule is COc1cn(Cc2cc(F)c(F)c(F)c2)c(Nc2ccc3[nH]ccc3c2C)nc1=O. The molecule has 2 heterocycles. The number of hydrogen-bond donors (Lipinski definition) is 2. The molecule has 0 aliphatic carbocycles. The van der Waals surface area contributed by atoms with Crippen LogP contribution in [0, 0.1) is 24.4 Å². The molecule has 2 aromatic carbocycles.